The van der Waals surface area contributed by atoms with Crippen molar-refractivity contribution in [2.24, 2.45) is 0 Å². The van der Waals surface area contributed by atoms with Crippen molar-refractivity contribution in [3.8, 4) is 0 Å². The van der Waals surface area contributed by atoms with Crippen molar-refractivity contribution in [1.82, 2.24) is 4.90 Å². The Balaban J connectivity index is 2.08. The summed E-state index contributed by atoms with van der Waals surface area (Å²) in [6.45, 7) is 0.196. The van der Waals surface area contributed by atoms with Crippen molar-refractivity contribution in [3.05, 3.63) is 35.9 Å². The fourth-order valence-electron chi connectivity index (χ4n) is 2.22. The number of rotatable bonds is 3. The maximum atomic E-state index is 12.1. The third-order valence-corrected chi connectivity index (χ3v) is 3.23. The lowest BCUT2D eigenvalue weighted by Gasteiger charge is -2.32. The van der Waals surface area contributed by atoms with Crippen molar-refractivity contribution in [2.75, 3.05) is 6.54 Å². The van der Waals surface area contributed by atoms with E-state index in [-0.39, 0.29) is 37.5 Å². The van der Waals surface area contributed by atoms with Gasteiger partial charge in [0.1, 0.15) is 11.8 Å². The van der Waals surface area contributed by atoms with Crippen LogP contribution in [0.2, 0.25) is 0 Å². The summed E-state index contributed by atoms with van der Waals surface area (Å²) >= 11 is 0. The first-order valence-electron chi connectivity index (χ1n) is 6.16. The van der Waals surface area contributed by atoms with E-state index in [1.807, 2.05) is 30.3 Å². The van der Waals surface area contributed by atoms with Gasteiger partial charge in [0.15, 0.2) is 0 Å². The maximum absolute atomic E-state index is 12.1. The molecule has 1 aliphatic rings. The molecule has 5 nitrogen and oxygen atoms in total. The Kier molecular flexibility index (Phi) is 3.94. The molecule has 1 heterocycles. The molecule has 1 aliphatic heterocycles. The molecule has 0 saturated carbocycles. The second-order valence-corrected chi connectivity index (χ2v) is 4.60. The summed E-state index contributed by atoms with van der Waals surface area (Å²) in [6.07, 6.45) is 0.318. The van der Waals surface area contributed by atoms with Crippen LogP contribution in [0.5, 0.6) is 0 Å². The van der Waals surface area contributed by atoms with Crippen LogP contribution in [0.3, 0.4) is 0 Å². The van der Waals surface area contributed by atoms with E-state index in [4.69, 9.17) is 5.11 Å². The van der Waals surface area contributed by atoms with Gasteiger partial charge in [0, 0.05) is 19.4 Å². The van der Waals surface area contributed by atoms with Crippen LogP contribution in [0, 0.1) is 0 Å². The van der Waals surface area contributed by atoms with Gasteiger partial charge in [-0.1, -0.05) is 30.3 Å². The number of carboxylic acid groups (broad SMARTS) is 1. The van der Waals surface area contributed by atoms with Crippen molar-refractivity contribution in [2.45, 2.75) is 25.3 Å². The van der Waals surface area contributed by atoms with Crippen LogP contribution < -0.4 is 0 Å². The zero-order valence-corrected chi connectivity index (χ0v) is 10.4. The molecular weight excluding hydrogens is 246 g/mol. The smallest absolute Gasteiger partial charge is 0.326 e. The Morgan fingerprint density at radius 2 is 1.95 bits per heavy atom. The quantitative estimate of drug-likeness (QED) is 0.876. The number of benzene rings is 1. The monoisotopic (exact) mass is 261 g/mol. The number of carbonyl (C=O) groups is 3. The van der Waals surface area contributed by atoms with Gasteiger partial charge in [-0.3, -0.25) is 9.59 Å². The second kappa shape index (κ2) is 5.65. The second-order valence-electron chi connectivity index (χ2n) is 4.60. The number of carboxylic acids is 1. The zero-order valence-electron chi connectivity index (χ0n) is 10.4. The van der Waals surface area contributed by atoms with Gasteiger partial charge < -0.3 is 10.0 Å². The minimum atomic E-state index is -1.12. The van der Waals surface area contributed by atoms with Gasteiger partial charge in [0.05, 0.1) is 6.42 Å². The summed E-state index contributed by atoms with van der Waals surface area (Å²) in [6, 6.07) is 8.14. The van der Waals surface area contributed by atoms with Gasteiger partial charge >= 0.3 is 5.97 Å². The molecule has 1 N–H and O–H groups in total. The number of Topliss-reactive ketones (excluding diaryl/α,β-unsaturated/α-hetero) is 1. The average Bonchev–Trinajstić information content (AvgIpc) is 2.39. The Bertz CT molecular complexity index is 497. The van der Waals surface area contributed by atoms with Crippen LogP contribution in [-0.2, 0) is 20.8 Å². The number of ketones is 1. The lowest BCUT2D eigenvalue weighted by molar-refractivity contribution is -0.154. The van der Waals surface area contributed by atoms with Crippen LogP contribution in [0.15, 0.2) is 30.3 Å². The molecular formula is C14H15NO4. The summed E-state index contributed by atoms with van der Waals surface area (Å²) in [7, 11) is 0. The third-order valence-electron chi connectivity index (χ3n) is 3.23. The largest absolute Gasteiger partial charge is 0.480 e. The Morgan fingerprint density at radius 1 is 1.26 bits per heavy atom. The van der Waals surface area contributed by atoms with Gasteiger partial charge in [-0.05, 0) is 5.56 Å². The van der Waals surface area contributed by atoms with Crippen LogP contribution in [0.1, 0.15) is 18.4 Å². The molecule has 100 valence electrons. The highest BCUT2D eigenvalue weighted by Crippen LogP contribution is 2.16. The van der Waals surface area contributed by atoms with E-state index in [1.165, 1.54) is 4.90 Å². The summed E-state index contributed by atoms with van der Waals surface area (Å²) in [5.74, 6) is -1.46. The van der Waals surface area contributed by atoms with E-state index >= 15 is 0 Å². The first-order chi connectivity index (χ1) is 9.08. The number of amides is 1. The van der Waals surface area contributed by atoms with Crippen LogP contribution in [-0.4, -0.2) is 40.3 Å². The van der Waals surface area contributed by atoms with Gasteiger partial charge in [0.2, 0.25) is 5.91 Å². The maximum Gasteiger partial charge on any atom is 0.326 e. The van der Waals surface area contributed by atoms with Gasteiger partial charge in [-0.2, -0.15) is 0 Å². The molecule has 0 radical (unpaired) electrons. The molecule has 1 atom stereocenters. The molecule has 2 rings (SSSR count). The Morgan fingerprint density at radius 3 is 2.58 bits per heavy atom. The SMILES string of the molecule is O=C1CCN(C(=O)Cc2ccccc2)C(C(=O)O)C1. The molecule has 1 aromatic carbocycles. The van der Waals surface area contributed by atoms with E-state index in [0.29, 0.717) is 0 Å². The molecule has 0 spiro atoms. The fourth-order valence-corrected chi connectivity index (χ4v) is 2.22. The number of likely N-dealkylation sites (tertiary alicyclic amines) is 1. The summed E-state index contributed by atoms with van der Waals surface area (Å²) < 4.78 is 0. The minimum Gasteiger partial charge on any atom is -0.480 e. The van der Waals surface area contributed by atoms with Gasteiger partial charge in [-0.15, -0.1) is 0 Å². The lowest BCUT2D eigenvalue weighted by atomic mass is 10.00. The van der Waals surface area contributed by atoms with E-state index < -0.39 is 12.0 Å². The predicted molar refractivity (Wildman–Crippen MR) is 67.5 cm³/mol. The number of carbonyl (C=O) groups excluding carboxylic acids is 2. The predicted octanol–water partition coefficient (Wildman–Crippen LogP) is 0.874. The van der Waals surface area contributed by atoms with Crippen LogP contribution in [0.4, 0.5) is 0 Å². The van der Waals surface area contributed by atoms with E-state index in [0.717, 1.165) is 5.56 Å². The molecule has 1 saturated heterocycles. The number of piperidine rings is 1. The highest BCUT2D eigenvalue weighted by molar-refractivity contribution is 5.92. The fraction of sp³-hybridized carbons (Fsp3) is 0.357. The normalized spacial score (nSPS) is 19.3. The molecule has 0 aliphatic carbocycles. The Labute approximate surface area is 110 Å². The number of nitrogens with zero attached hydrogens (tertiary/aromatic N) is 1. The van der Waals surface area contributed by atoms with Crippen LogP contribution in [0.25, 0.3) is 0 Å². The molecule has 1 fully saturated rings. The van der Waals surface area contributed by atoms with Crippen molar-refractivity contribution >= 4 is 17.7 Å². The highest BCUT2D eigenvalue weighted by atomic mass is 16.4. The molecule has 0 bridgehead atoms. The molecule has 19 heavy (non-hydrogen) atoms. The van der Waals surface area contributed by atoms with Crippen molar-refractivity contribution in [3.63, 3.8) is 0 Å². The lowest BCUT2D eigenvalue weighted by Crippen LogP contribution is -2.50. The summed E-state index contributed by atoms with van der Waals surface area (Å²) in [5.41, 5.74) is 0.841. The highest BCUT2D eigenvalue weighted by Gasteiger charge is 2.35. The zero-order chi connectivity index (χ0) is 13.8. The molecule has 5 heteroatoms. The van der Waals surface area contributed by atoms with Gasteiger partial charge in [-0.25, -0.2) is 4.79 Å². The standard InChI is InChI=1S/C14H15NO4/c16-11-6-7-15(12(9-11)14(18)19)13(17)8-10-4-2-1-3-5-10/h1-5,12H,6-9H2,(H,18,19). The molecule has 1 aromatic rings. The molecule has 1 amide bonds. The first-order valence-corrected chi connectivity index (χ1v) is 6.16. The molecule has 0 aromatic heterocycles. The van der Waals surface area contributed by atoms with Crippen molar-refractivity contribution < 1.29 is 19.5 Å². The number of hydrogen-bond donors (Lipinski definition) is 1. The van der Waals surface area contributed by atoms with E-state index in [9.17, 15) is 14.4 Å². The number of hydrogen-bond acceptors (Lipinski definition) is 3. The van der Waals surface area contributed by atoms with Crippen LogP contribution >= 0.6 is 0 Å². The van der Waals surface area contributed by atoms with E-state index in [1.54, 1.807) is 0 Å². The number of aliphatic carboxylic acids is 1. The average molecular weight is 261 g/mol. The molecule has 1 unspecified atom stereocenters. The topological polar surface area (TPSA) is 74.7 Å². The summed E-state index contributed by atoms with van der Waals surface area (Å²) in [4.78, 5) is 35.9. The first kappa shape index (κ1) is 13.3. The minimum absolute atomic E-state index is 0.0874. The van der Waals surface area contributed by atoms with E-state index in [2.05, 4.69) is 0 Å². The Hall–Kier alpha value is -2.17. The van der Waals surface area contributed by atoms with Gasteiger partial charge in [0.25, 0.3) is 0 Å². The van der Waals surface area contributed by atoms with Crippen molar-refractivity contribution in [1.29, 1.82) is 0 Å². The third kappa shape index (κ3) is 3.19. The summed E-state index contributed by atoms with van der Waals surface area (Å²) in [5, 5.41) is 9.10.